The van der Waals surface area contributed by atoms with Crippen LogP contribution < -0.4 is 16.0 Å². The SMILES string of the molecule is Nc1cc(Br)cc(Oc2nccn(C3CC3)c2=O)c1. The summed E-state index contributed by atoms with van der Waals surface area (Å²) in [4.78, 5) is 16.1. The second kappa shape index (κ2) is 4.70. The van der Waals surface area contributed by atoms with Gasteiger partial charge in [0.15, 0.2) is 0 Å². The Morgan fingerprint density at radius 1 is 1.37 bits per heavy atom. The molecule has 1 aliphatic carbocycles. The van der Waals surface area contributed by atoms with Crippen molar-refractivity contribution in [3.05, 3.63) is 45.4 Å². The molecule has 0 unspecified atom stereocenters. The number of anilines is 1. The molecule has 1 aromatic heterocycles. The first-order valence-corrected chi connectivity index (χ1v) is 6.74. The summed E-state index contributed by atoms with van der Waals surface area (Å²) in [6.45, 7) is 0. The van der Waals surface area contributed by atoms with E-state index in [2.05, 4.69) is 20.9 Å². The summed E-state index contributed by atoms with van der Waals surface area (Å²) in [5.41, 5.74) is 6.08. The summed E-state index contributed by atoms with van der Waals surface area (Å²) in [7, 11) is 0. The topological polar surface area (TPSA) is 70.1 Å². The van der Waals surface area contributed by atoms with E-state index in [1.165, 1.54) is 0 Å². The van der Waals surface area contributed by atoms with Crippen molar-refractivity contribution < 1.29 is 4.74 Å². The molecule has 1 heterocycles. The van der Waals surface area contributed by atoms with Crippen LogP contribution in [0.4, 0.5) is 5.69 Å². The Kier molecular flexibility index (Phi) is 3.02. The molecule has 0 radical (unpaired) electrons. The summed E-state index contributed by atoms with van der Waals surface area (Å²) in [6.07, 6.45) is 5.35. The van der Waals surface area contributed by atoms with Crippen molar-refractivity contribution in [3.8, 4) is 11.6 Å². The molecule has 0 aliphatic heterocycles. The van der Waals surface area contributed by atoms with Crippen molar-refractivity contribution in [2.45, 2.75) is 18.9 Å². The predicted octanol–water partition coefficient (Wildman–Crippen LogP) is 2.72. The normalized spacial score (nSPS) is 14.4. The molecule has 19 heavy (non-hydrogen) atoms. The third-order valence-electron chi connectivity index (χ3n) is 2.88. The first-order chi connectivity index (χ1) is 9.13. The molecule has 98 valence electrons. The lowest BCUT2D eigenvalue weighted by molar-refractivity contribution is 0.444. The van der Waals surface area contributed by atoms with Crippen molar-refractivity contribution >= 4 is 21.6 Å². The van der Waals surface area contributed by atoms with Gasteiger partial charge in [0.25, 0.3) is 5.88 Å². The molecule has 1 aromatic carbocycles. The highest BCUT2D eigenvalue weighted by molar-refractivity contribution is 9.10. The Labute approximate surface area is 118 Å². The van der Waals surface area contributed by atoms with Gasteiger partial charge in [-0.2, -0.15) is 0 Å². The summed E-state index contributed by atoms with van der Waals surface area (Å²) >= 11 is 3.33. The minimum absolute atomic E-state index is 0.0758. The summed E-state index contributed by atoms with van der Waals surface area (Å²) in [6, 6.07) is 5.45. The van der Waals surface area contributed by atoms with Crippen molar-refractivity contribution in [1.29, 1.82) is 0 Å². The fraction of sp³-hybridized carbons (Fsp3) is 0.231. The second-order valence-electron chi connectivity index (χ2n) is 4.50. The number of nitrogens with two attached hydrogens (primary N) is 1. The quantitative estimate of drug-likeness (QED) is 0.882. The van der Waals surface area contributed by atoms with E-state index in [4.69, 9.17) is 10.5 Å². The van der Waals surface area contributed by atoms with Gasteiger partial charge in [-0.25, -0.2) is 4.98 Å². The van der Waals surface area contributed by atoms with E-state index in [0.29, 0.717) is 17.5 Å². The van der Waals surface area contributed by atoms with Gasteiger partial charge in [-0.15, -0.1) is 0 Å². The molecular formula is C13H12BrN3O2. The van der Waals surface area contributed by atoms with Crippen LogP contribution in [0.25, 0.3) is 0 Å². The molecule has 5 nitrogen and oxygen atoms in total. The van der Waals surface area contributed by atoms with Crippen LogP contribution in [0.5, 0.6) is 11.6 Å². The minimum atomic E-state index is -0.205. The summed E-state index contributed by atoms with van der Waals surface area (Å²) in [5, 5.41) is 0. The van der Waals surface area contributed by atoms with Gasteiger partial charge in [-0.3, -0.25) is 4.79 Å². The maximum Gasteiger partial charge on any atom is 0.313 e. The molecule has 3 rings (SSSR count). The monoisotopic (exact) mass is 321 g/mol. The van der Waals surface area contributed by atoms with Gasteiger partial charge >= 0.3 is 5.56 Å². The summed E-state index contributed by atoms with van der Waals surface area (Å²) in [5.74, 6) is 0.567. The molecule has 0 atom stereocenters. The third-order valence-corrected chi connectivity index (χ3v) is 3.34. The van der Waals surface area contributed by atoms with E-state index in [0.717, 1.165) is 17.3 Å². The van der Waals surface area contributed by atoms with Gasteiger partial charge in [-0.1, -0.05) is 15.9 Å². The fourth-order valence-electron chi connectivity index (χ4n) is 1.87. The van der Waals surface area contributed by atoms with Crippen LogP contribution in [0.15, 0.2) is 39.9 Å². The van der Waals surface area contributed by atoms with Gasteiger partial charge in [-0.05, 0) is 25.0 Å². The van der Waals surface area contributed by atoms with Crippen molar-refractivity contribution in [2.24, 2.45) is 0 Å². The molecule has 6 heteroatoms. The van der Waals surface area contributed by atoms with Crippen LogP contribution in [0.1, 0.15) is 18.9 Å². The molecular weight excluding hydrogens is 310 g/mol. The second-order valence-corrected chi connectivity index (χ2v) is 5.41. The Morgan fingerprint density at radius 2 is 2.16 bits per heavy atom. The molecule has 0 bridgehead atoms. The van der Waals surface area contributed by atoms with Crippen LogP contribution in [0.3, 0.4) is 0 Å². The average Bonchev–Trinajstić information content (AvgIpc) is 3.14. The molecule has 2 aromatic rings. The molecule has 1 saturated carbocycles. The average molecular weight is 322 g/mol. The highest BCUT2D eigenvalue weighted by Crippen LogP contribution is 2.33. The maximum atomic E-state index is 12.2. The van der Waals surface area contributed by atoms with E-state index in [1.807, 2.05) is 0 Å². The largest absolute Gasteiger partial charge is 0.435 e. The number of ether oxygens (including phenoxy) is 1. The number of hydrogen-bond acceptors (Lipinski definition) is 4. The zero-order chi connectivity index (χ0) is 13.4. The minimum Gasteiger partial charge on any atom is -0.435 e. The first-order valence-electron chi connectivity index (χ1n) is 5.94. The van der Waals surface area contributed by atoms with E-state index in [-0.39, 0.29) is 11.4 Å². The predicted molar refractivity (Wildman–Crippen MR) is 75.4 cm³/mol. The Morgan fingerprint density at radius 3 is 2.84 bits per heavy atom. The Bertz CT molecular complexity index is 660. The highest BCUT2D eigenvalue weighted by Gasteiger charge is 2.25. The number of rotatable bonds is 3. The van der Waals surface area contributed by atoms with E-state index in [1.54, 1.807) is 35.2 Å². The van der Waals surface area contributed by atoms with Crippen LogP contribution in [0.2, 0.25) is 0 Å². The van der Waals surface area contributed by atoms with Crippen LogP contribution in [-0.2, 0) is 0 Å². The van der Waals surface area contributed by atoms with Gasteiger partial charge in [0, 0.05) is 34.7 Å². The van der Waals surface area contributed by atoms with Gasteiger partial charge < -0.3 is 15.0 Å². The Hall–Kier alpha value is -1.82. The number of halogens is 1. The van der Waals surface area contributed by atoms with Crippen molar-refractivity contribution in [1.82, 2.24) is 9.55 Å². The van der Waals surface area contributed by atoms with Crippen LogP contribution >= 0.6 is 15.9 Å². The molecule has 1 fully saturated rings. The maximum absolute atomic E-state index is 12.2. The molecule has 0 spiro atoms. The Balaban J connectivity index is 1.94. The molecule has 0 saturated heterocycles. The third kappa shape index (κ3) is 2.63. The standard InChI is InChI=1S/C13H12BrN3O2/c14-8-5-9(15)7-11(6-8)19-12-13(18)17(4-3-16-12)10-1-2-10/h3-7,10H,1-2,15H2. The molecule has 1 aliphatic rings. The lowest BCUT2D eigenvalue weighted by Crippen LogP contribution is -2.20. The van der Waals surface area contributed by atoms with E-state index >= 15 is 0 Å². The van der Waals surface area contributed by atoms with Crippen molar-refractivity contribution in [2.75, 3.05) is 5.73 Å². The number of hydrogen-bond donors (Lipinski definition) is 1. The molecule has 2 N–H and O–H groups in total. The van der Waals surface area contributed by atoms with Gasteiger partial charge in [0.2, 0.25) is 0 Å². The van der Waals surface area contributed by atoms with Crippen LogP contribution in [0, 0.1) is 0 Å². The lowest BCUT2D eigenvalue weighted by atomic mass is 10.3. The lowest BCUT2D eigenvalue weighted by Gasteiger charge is -2.08. The smallest absolute Gasteiger partial charge is 0.313 e. The zero-order valence-electron chi connectivity index (χ0n) is 10.0. The number of nitrogen functional groups attached to an aromatic ring is 1. The number of aromatic nitrogens is 2. The van der Waals surface area contributed by atoms with Gasteiger partial charge in [0.05, 0.1) is 0 Å². The summed E-state index contributed by atoms with van der Waals surface area (Å²) < 4.78 is 8.00. The van der Waals surface area contributed by atoms with E-state index in [9.17, 15) is 4.79 Å². The first kappa shape index (κ1) is 12.2. The van der Waals surface area contributed by atoms with Crippen LogP contribution in [-0.4, -0.2) is 9.55 Å². The fourth-order valence-corrected chi connectivity index (χ4v) is 2.36. The number of nitrogens with zero attached hydrogens (tertiary/aromatic N) is 2. The van der Waals surface area contributed by atoms with Gasteiger partial charge in [0.1, 0.15) is 5.75 Å². The van der Waals surface area contributed by atoms with Crippen molar-refractivity contribution in [3.63, 3.8) is 0 Å². The molecule has 0 amide bonds. The van der Waals surface area contributed by atoms with E-state index < -0.39 is 0 Å². The zero-order valence-corrected chi connectivity index (χ0v) is 11.6. The highest BCUT2D eigenvalue weighted by atomic mass is 79.9. The number of benzene rings is 1.